The first-order valence-electron chi connectivity index (χ1n) is 8.96. The number of tetrazole rings is 1. The maximum atomic E-state index is 5.60. The smallest absolute Gasteiger partial charge is 0.225 e. The zero-order chi connectivity index (χ0) is 18.8. The van der Waals surface area contributed by atoms with Crippen LogP contribution in [0.3, 0.4) is 0 Å². The predicted octanol–water partition coefficient (Wildman–Crippen LogP) is 1.98. The van der Waals surface area contributed by atoms with Crippen LogP contribution in [0.25, 0.3) is 5.69 Å². The Hall–Kier alpha value is -2.65. The largest absolute Gasteiger partial charge is 0.338 e. The highest BCUT2D eigenvalue weighted by Gasteiger charge is 2.20. The summed E-state index contributed by atoms with van der Waals surface area (Å²) in [7, 11) is 0. The highest BCUT2D eigenvalue weighted by Crippen LogP contribution is 2.14. The van der Waals surface area contributed by atoms with Gasteiger partial charge in [-0.3, -0.25) is 4.90 Å². The number of anilines is 1. The molecule has 3 aromatic rings. The summed E-state index contributed by atoms with van der Waals surface area (Å²) in [4.78, 5) is 13.2. The van der Waals surface area contributed by atoms with Crippen LogP contribution < -0.4 is 4.90 Å². The molecule has 1 saturated heterocycles. The van der Waals surface area contributed by atoms with E-state index in [2.05, 4.69) is 56.2 Å². The summed E-state index contributed by atoms with van der Waals surface area (Å²) in [5.74, 6) is 0.787. The fraction of sp³-hybridized carbons (Fsp3) is 0.389. The third kappa shape index (κ3) is 3.74. The third-order valence-corrected chi connectivity index (χ3v) is 5.30. The lowest BCUT2D eigenvalue weighted by atomic mass is 10.1. The van der Waals surface area contributed by atoms with Gasteiger partial charge in [-0.05, 0) is 65.8 Å². The van der Waals surface area contributed by atoms with Crippen molar-refractivity contribution in [2.24, 2.45) is 0 Å². The second-order valence-corrected chi connectivity index (χ2v) is 7.10. The number of piperazine rings is 1. The molecule has 0 spiro atoms. The maximum absolute atomic E-state index is 5.60. The lowest BCUT2D eigenvalue weighted by Gasteiger charge is -2.34. The third-order valence-electron chi connectivity index (χ3n) is 4.92. The Morgan fingerprint density at radius 3 is 2.41 bits per heavy atom. The van der Waals surface area contributed by atoms with Crippen LogP contribution >= 0.6 is 12.2 Å². The Morgan fingerprint density at radius 1 is 0.963 bits per heavy atom. The standard InChI is InChI=1S/C18H22N8S/c1-14-4-5-16(12-15(14)2)26-18(27)25(21-22-26)13-23-8-10-24(11-9-23)17-19-6-3-7-20-17/h3-7,12H,8-11,13H2,1-2H3. The van der Waals surface area contributed by atoms with Crippen molar-refractivity contribution in [1.29, 1.82) is 0 Å². The summed E-state index contributed by atoms with van der Waals surface area (Å²) in [6, 6.07) is 8.02. The van der Waals surface area contributed by atoms with Crippen molar-refractivity contribution >= 4 is 18.2 Å². The highest BCUT2D eigenvalue weighted by atomic mass is 32.1. The van der Waals surface area contributed by atoms with E-state index in [1.54, 1.807) is 21.8 Å². The molecule has 8 nitrogen and oxygen atoms in total. The molecule has 0 saturated carbocycles. The number of rotatable bonds is 4. The Kier molecular flexibility index (Phi) is 4.95. The molecule has 1 aromatic carbocycles. The van der Waals surface area contributed by atoms with Gasteiger partial charge in [0.05, 0.1) is 12.4 Å². The molecule has 3 heterocycles. The Bertz CT molecular complexity index is 973. The van der Waals surface area contributed by atoms with Gasteiger partial charge in [0, 0.05) is 38.6 Å². The Balaban J connectivity index is 1.43. The SMILES string of the molecule is Cc1ccc(-n2nnn(CN3CCN(c4ncccn4)CC3)c2=S)cc1C. The number of hydrogen-bond acceptors (Lipinski definition) is 7. The Labute approximate surface area is 163 Å². The van der Waals surface area contributed by atoms with Crippen molar-refractivity contribution in [2.45, 2.75) is 20.5 Å². The van der Waals surface area contributed by atoms with E-state index in [0.29, 0.717) is 11.4 Å². The van der Waals surface area contributed by atoms with Crippen molar-refractivity contribution in [1.82, 2.24) is 34.7 Å². The molecule has 140 valence electrons. The number of hydrogen-bond donors (Lipinski definition) is 0. The summed E-state index contributed by atoms with van der Waals surface area (Å²) in [5.41, 5.74) is 3.40. The lowest BCUT2D eigenvalue weighted by molar-refractivity contribution is 0.192. The summed E-state index contributed by atoms with van der Waals surface area (Å²) in [6.07, 6.45) is 3.55. The van der Waals surface area contributed by atoms with E-state index in [9.17, 15) is 0 Å². The first kappa shape index (κ1) is 17.7. The van der Waals surface area contributed by atoms with E-state index in [0.717, 1.165) is 37.8 Å². The highest BCUT2D eigenvalue weighted by molar-refractivity contribution is 7.71. The fourth-order valence-corrected chi connectivity index (χ4v) is 3.35. The van der Waals surface area contributed by atoms with Gasteiger partial charge in [-0.15, -0.1) is 0 Å². The van der Waals surface area contributed by atoms with Gasteiger partial charge in [0.15, 0.2) is 0 Å². The maximum Gasteiger partial charge on any atom is 0.225 e. The van der Waals surface area contributed by atoms with Gasteiger partial charge in [0.2, 0.25) is 10.7 Å². The molecule has 0 amide bonds. The van der Waals surface area contributed by atoms with Crippen LogP contribution in [0, 0.1) is 18.6 Å². The van der Waals surface area contributed by atoms with Crippen LogP contribution in [0.15, 0.2) is 36.7 Å². The molecule has 0 unspecified atom stereocenters. The van der Waals surface area contributed by atoms with Crippen LogP contribution in [-0.4, -0.2) is 60.8 Å². The summed E-state index contributed by atoms with van der Waals surface area (Å²) < 4.78 is 4.10. The van der Waals surface area contributed by atoms with Gasteiger partial charge in [0.1, 0.15) is 0 Å². The normalized spacial score (nSPS) is 15.3. The average Bonchev–Trinajstić information content (AvgIpc) is 3.06. The van der Waals surface area contributed by atoms with Gasteiger partial charge >= 0.3 is 0 Å². The quantitative estimate of drug-likeness (QED) is 0.639. The second-order valence-electron chi connectivity index (χ2n) is 6.74. The molecular weight excluding hydrogens is 360 g/mol. The molecule has 0 aliphatic carbocycles. The van der Waals surface area contributed by atoms with Crippen molar-refractivity contribution in [2.75, 3.05) is 31.1 Å². The minimum absolute atomic E-state index is 0.604. The van der Waals surface area contributed by atoms with E-state index in [4.69, 9.17) is 12.2 Å². The van der Waals surface area contributed by atoms with Gasteiger partial charge < -0.3 is 4.90 Å². The fourth-order valence-electron chi connectivity index (χ4n) is 3.12. The second kappa shape index (κ2) is 7.53. The number of aromatic nitrogens is 6. The number of aryl methyl sites for hydroxylation is 2. The Morgan fingerprint density at radius 2 is 1.70 bits per heavy atom. The van der Waals surface area contributed by atoms with Gasteiger partial charge in [-0.1, -0.05) is 6.07 Å². The molecule has 0 bridgehead atoms. The first-order chi connectivity index (χ1) is 13.1. The van der Waals surface area contributed by atoms with E-state index in [1.807, 2.05) is 12.1 Å². The van der Waals surface area contributed by atoms with Crippen molar-refractivity contribution in [3.8, 4) is 5.69 Å². The van der Waals surface area contributed by atoms with Crippen molar-refractivity contribution < 1.29 is 0 Å². The average molecular weight is 382 g/mol. The molecule has 1 fully saturated rings. The van der Waals surface area contributed by atoms with Crippen molar-refractivity contribution in [3.05, 3.63) is 52.6 Å². The first-order valence-corrected chi connectivity index (χ1v) is 9.37. The van der Waals surface area contributed by atoms with Crippen LogP contribution in [-0.2, 0) is 6.67 Å². The lowest BCUT2D eigenvalue weighted by Crippen LogP contribution is -2.47. The number of benzene rings is 1. The molecule has 1 aliphatic rings. The topological polar surface area (TPSA) is 67.9 Å². The molecule has 0 N–H and O–H groups in total. The number of nitrogens with zero attached hydrogens (tertiary/aromatic N) is 8. The van der Waals surface area contributed by atoms with Crippen molar-refractivity contribution in [3.63, 3.8) is 0 Å². The molecule has 9 heteroatoms. The van der Waals surface area contributed by atoms with Crippen LogP contribution in [0.1, 0.15) is 11.1 Å². The molecule has 0 atom stereocenters. The van der Waals surface area contributed by atoms with E-state index in [1.165, 1.54) is 11.1 Å². The minimum atomic E-state index is 0.604. The van der Waals surface area contributed by atoms with Gasteiger partial charge in [0.25, 0.3) is 0 Å². The molecular formula is C18H22N8S. The zero-order valence-corrected chi connectivity index (χ0v) is 16.3. The summed E-state index contributed by atoms with van der Waals surface area (Å²) in [6.45, 7) is 8.36. The molecule has 1 aliphatic heterocycles. The van der Waals surface area contributed by atoms with E-state index in [-0.39, 0.29) is 0 Å². The molecule has 2 aromatic heterocycles. The molecule has 4 rings (SSSR count). The molecule has 0 radical (unpaired) electrons. The van der Waals surface area contributed by atoms with E-state index < -0.39 is 0 Å². The van der Waals surface area contributed by atoms with E-state index >= 15 is 0 Å². The monoisotopic (exact) mass is 382 g/mol. The van der Waals surface area contributed by atoms with Crippen LogP contribution in [0.5, 0.6) is 0 Å². The minimum Gasteiger partial charge on any atom is -0.338 e. The van der Waals surface area contributed by atoms with Gasteiger partial charge in [-0.2, -0.15) is 4.68 Å². The predicted molar refractivity (Wildman–Crippen MR) is 105 cm³/mol. The zero-order valence-electron chi connectivity index (χ0n) is 15.5. The van der Waals surface area contributed by atoms with Crippen LogP contribution in [0.4, 0.5) is 5.95 Å². The molecule has 27 heavy (non-hydrogen) atoms. The summed E-state index contributed by atoms with van der Waals surface area (Å²) in [5, 5.41) is 8.51. The summed E-state index contributed by atoms with van der Waals surface area (Å²) >= 11 is 5.60. The van der Waals surface area contributed by atoms with Crippen LogP contribution in [0.2, 0.25) is 0 Å². The van der Waals surface area contributed by atoms with Gasteiger partial charge in [-0.25, -0.2) is 14.6 Å².